The summed E-state index contributed by atoms with van der Waals surface area (Å²) in [6.07, 6.45) is 8.79. The van der Waals surface area contributed by atoms with Crippen LogP contribution >= 0.6 is 0 Å². The maximum absolute atomic E-state index is 12.0. The normalized spacial score (nSPS) is 10.1. The summed E-state index contributed by atoms with van der Waals surface area (Å²) in [7, 11) is 0. The van der Waals surface area contributed by atoms with Gasteiger partial charge >= 0.3 is 0 Å². The fourth-order valence-electron chi connectivity index (χ4n) is 1.83. The number of ketones is 1. The predicted octanol–water partition coefficient (Wildman–Crippen LogP) is 3.22. The molecule has 2 nitrogen and oxygen atoms in total. The number of carbonyl (C=O) groups is 1. The fourth-order valence-corrected chi connectivity index (χ4v) is 1.83. The van der Waals surface area contributed by atoms with Gasteiger partial charge in [0.15, 0.2) is 5.78 Å². The van der Waals surface area contributed by atoms with Gasteiger partial charge in [0.05, 0.1) is 5.52 Å². The van der Waals surface area contributed by atoms with Crippen LogP contribution in [0.25, 0.3) is 10.9 Å². The number of rotatable bonds is 4. The number of terminal acetylenes is 1. The Morgan fingerprint density at radius 1 is 1.29 bits per heavy atom. The molecule has 1 aromatic heterocycles. The van der Waals surface area contributed by atoms with Crippen LogP contribution < -0.4 is 0 Å². The molecule has 0 saturated carbocycles. The van der Waals surface area contributed by atoms with E-state index >= 15 is 0 Å². The van der Waals surface area contributed by atoms with Gasteiger partial charge in [-0.2, -0.15) is 0 Å². The van der Waals surface area contributed by atoms with E-state index < -0.39 is 0 Å². The largest absolute Gasteiger partial charge is 0.294 e. The molecule has 0 fully saturated rings. The summed E-state index contributed by atoms with van der Waals surface area (Å²) in [5.41, 5.74) is 1.60. The standard InChI is InChI=1S/C15H13NO/c1-2-3-4-10-15(17)13-7-5-9-14-12(13)8-6-11-16-14/h1,5-9,11H,3-4,10H2. The van der Waals surface area contributed by atoms with Gasteiger partial charge in [-0.25, -0.2) is 0 Å². The van der Waals surface area contributed by atoms with E-state index in [0.29, 0.717) is 12.8 Å². The van der Waals surface area contributed by atoms with Gasteiger partial charge in [0.25, 0.3) is 0 Å². The first-order valence-electron chi connectivity index (χ1n) is 5.63. The zero-order valence-corrected chi connectivity index (χ0v) is 9.52. The molecule has 17 heavy (non-hydrogen) atoms. The number of benzene rings is 1. The summed E-state index contributed by atoms with van der Waals surface area (Å²) in [5.74, 6) is 2.68. The van der Waals surface area contributed by atoms with Crippen LogP contribution in [0.5, 0.6) is 0 Å². The molecule has 1 aromatic carbocycles. The third kappa shape index (κ3) is 2.51. The summed E-state index contributed by atoms with van der Waals surface area (Å²) in [6.45, 7) is 0. The van der Waals surface area contributed by atoms with E-state index in [-0.39, 0.29) is 5.78 Å². The molecule has 84 valence electrons. The van der Waals surface area contributed by atoms with Gasteiger partial charge in [0.2, 0.25) is 0 Å². The zero-order chi connectivity index (χ0) is 12.1. The molecule has 0 amide bonds. The fraction of sp³-hybridized carbons (Fsp3) is 0.200. The zero-order valence-electron chi connectivity index (χ0n) is 9.52. The average molecular weight is 223 g/mol. The van der Waals surface area contributed by atoms with Crippen molar-refractivity contribution in [3.63, 3.8) is 0 Å². The van der Waals surface area contributed by atoms with E-state index in [4.69, 9.17) is 6.42 Å². The van der Waals surface area contributed by atoms with Crippen LogP contribution in [0.1, 0.15) is 29.6 Å². The molecule has 0 aliphatic heterocycles. The maximum atomic E-state index is 12.0. The van der Waals surface area contributed by atoms with Gasteiger partial charge in [0, 0.05) is 30.0 Å². The van der Waals surface area contributed by atoms with E-state index in [2.05, 4.69) is 10.9 Å². The summed E-state index contributed by atoms with van der Waals surface area (Å²) in [5, 5.41) is 0.917. The Morgan fingerprint density at radius 2 is 2.18 bits per heavy atom. The third-order valence-corrected chi connectivity index (χ3v) is 2.67. The van der Waals surface area contributed by atoms with Crippen molar-refractivity contribution < 1.29 is 4.79 Å². The minimum atomic E-state index is 0.138. The summed E-state index contributed by atoms with van der Waals surface area (Å²) < 4.78 is 0. The van der Waals surface area contributed by atoms with Crippen molar-refractivity contribution in [3.8, 4) is 12.3 Å². The Hall–Kier alpha value is -2.14. The molecule has 0 aliphatic rings. The van der Waals surface area contributed by atoms with Crippen LogP contribution in [0.3, 0.4) is 0 Å². The molecule has 0 aliphatic carbocycles. The topological polar surface area (TPSA) is 30.0 Å². The number of aromatic nitrogens is 1. The molecule has 2 aromatic rings. The van der Waals surface area contributed by atoms with E-state index in [1.165, 1.54) is 0 Å². The first kappa shape index (κ1) is 11.3. The molecule has 2 rings (SSSR count). The number of hydrogen-bond acceptors (Lipinski definition) is 2. The SMILES string of the molecule is C#CCCCC(=O)c1cccc2ncccc12. The highest BCUT2D eigenvalue weighted by Crippen LogP contribution is 2.18. The van der Waals surface area contributed by atoms with Gasteiger partial charge < -0.3 is 0 Å². The highest BCUT2D eigenvalue weighted by atomic mass is 16.1. The molecular formula is C15H13NO. The van der Waals surface area contributed by atoms with Crippen molar-refractivity contribution in [1.29, 1.82) is 0 Å². The van der Waals surface area contributed by atoms with Gasteiger partial charge in [-0.15, -0.1) is 12.3 Å². The average Bonchev–Trinajstić information content (AvgIpc) is 2.38. The number of pyridine rings is 1. The van der Waals surface area contributed by atoms with Crippen LogP contribution in [0.4, 0.5) is 0 Å². The van der Waals surface area contributed by atoms with Gasteiger partial charge in [0.1, 0.15) is 0 Å². The highest BCUT2D eigenvalue weighted by Gasteiger charge is 2.09. The minimum absolute atomic E-state index is 0.138. The van der Waals surface area contributed by atoms with Crippen LogP contribution in [-0.2, 0) is 0 Å². The lowest BCUT2D eigenvalue weighted by atomic mass is 10.0. The second-order valence-corrected chi connectivity index (χ2v) is 3.86. The van der Waals surface area contributed by atoms with E-state index in [1.54, 1.807) is 6.20 Å². The molecule has 0 unspecified atom stereocenters. The monoisotopic (exact) mass is 223 g/mol. The first-order chi connectivity index (χ1) is 8.33. The molecule has 0 atom stereocenters. The van der Waals surface area contributed by atoms with Gasteiger partial charge in [-0.3, -0.25) is 9.78 Å². The number of nitrogens with zero attached hydrogens (tertiary/aromatic N) is 1. The molecule has 1 heterocycles. The van der Waals surface area contributed by atoms with Crippen molar-refractivity contribution >= 4 is 16.7 Å². The lowest BCUT2D eigenvalue weighted by Gasteiger charge is -2.04. The molecule has 2 heteroatoms. The molecule has 0 spiro atoms. The van der Waals surface area contributed by atoms with Crippen LogP contribution in [0.2, 0.25) is 0 Å². The number of Topliss-reactive ketones (excluding diaryl/α,β-unsaturated/α-hetero) is 1. The second kappa shape index (κ2) is 5.27. The van der Waals surface area contributed by atoms with Crippen LogP contribution in [-0.4, -0.2) is 10.8 Å². The molecule has 0 N–H and O–H groups in total. The number of carbonyl (C=O) groups excluding carboxylic acids is 1. The Morgan fingerprint density at radius 3 is 3.00 bits per heavy atom. The highest BCUT2D eigenvalue weighted by molar-refractivity contribution is 6.07. The quantitative estimate of drug-likeness (QED) is 0.452. The molecular weight excluding hydrogens is 210 g/mol. The van der Waals surface area contributed by atoms with Crippen molar-refractivity contribution in [1.82, 2.24) is 4.98 Å². The number of fused-ring (bicyclic) bond motifs is 1. The minimum Gasteiger partial charge on any atom is -0.294 e. The summed E-state index contributed by atoms with van der Waals surface area (Å²) >= 11 is 0. The van der Waals surface area contributed by atoms with E-state index in [9.17, 15) is 4.79 Å². The molecule has 0 saturated heterocycles. The summed E-state index contributed by atoms with van der Waals surface area (Å²) in [4.78, 5) is 16.3. The Balaban J connectivity index is 2.29. The maximum Gasteiger partial charge on any atom is 0.163 e. The summed E-state index contributed by atoms with van der Waals surface area (Å²) in [6, 6.07) is 9.40. The lowest BCUT2D eigenvalue weighted by Crippen LogP contribution is -2.00. The van der Waals surface area contributed by atoms with Crippen LogP contribution in [0.15, 0.2) is 36.5 Å². The predicted molar refractivity (Wildman–Crippen MR) is 68.8 cm³/mol. The molecule has 0 bridgehead atoms. The Labute approximate surface area is 101 Å². The molecule has 0 radical (unpaired) electrons. The number of hydrogen-bond donors (Lipinski definition) is 0. The Kier molecular flexibility index (Phi) is 3.52. The smallest absolute Gasteiger partial charge is 0.163 e. The third-order valence-electron chi connectivity index (χ3n) is 2.67. The van der Waals surface area contributed by atoms with Crippen molar-refractivity contribution in [2.75, 3.05) is 0 Å². The van der Waals surface area contributed by atoms with Crippen LogP contribution in [0, 0.1) is 12.3 Å². The van der Waals surface area contributed by atoms with Crippen molar-refractivity contribution in [3.05, 3.63) is 42.1 Å². The van der Waals surface area contributed by atoms with Crippen molar-refractivity contribution in [2.24, 2.45) is 0 Å². The van der Waals surface area contributed by atoms with E-state index in [1.807, 2.05) is 30.3 Å². The van der Waals surface area contributed by atoms with Crippen molar-refractivity contribution in [2.45, 2.75) is 19.3 Å². The van der Waals surface area contributed by atoms with E-state index in [0.717, 1.165) is 22.9 Å². The lowest BCUT2D eigenvalue weighted by molar-refractivity contribution is 0.0982. The van der Waals surface area contributed by atoms with Gasteiger partial charge in [-0.05, 0) is 18.6 Å². The first-order valence-corrected chi connectivity index (χ1v) is 5.63. The second-order valence-electron chi connectivity index (χ2n) is 3.86. The van der Waals surface area contributed by atoms with Gasteiger partial charge in [-0.1, -0.05) is 18.2 Å². The Bertz CT molecular complexity index is 575. The number of unbranched alkanes of at least 4 members (excludes halogenated alkanes) is 1.